The van der Waals surface area contributed by atoms with Gasteiger partial charge in [-0.1, -0.05) is 65.7 Å². The SMILES string of the molecule is Cc1cccc(C(=O)c2c(C)cccc2C(=O)P(=O)(O)C(=O)c2cccc(C)c2)c1. The van der Waals surface area contributed by atoms with Crippen LogP contribution in [0.25, 0.3) is 0 Å². The Labute approximate surface area is 174 Å². The number of hydrogen-bond acceptors (Lipinski definition) is 4. The van der Waals surface area contributed by atoms with Crippen molar-refractivity contribution in [2.75, 3.05) is 0 Å². The van der Waals surface area contributed by atoms with E-state index >= 15 is 0 Å². The monoisotopic (exact) mass is 420 g/mol. The normalized spacial score (nSPS) is 12.8. The highest BCUT2D eigenvalue weighted by atomic mass is 31.2. The highest BCUT2D eigenvalue weighted by molar-refractivity contribution is 7.91. The molecule has 1 atom stereocenters. The van der Waals surface area contributed by atoms with Gasteiger partial charge in [0, 0.05) is 22.3 Å². The first-order chi connectivity index (χ1) is 14.1. The molecule has 1 unspecified atom stereocenters. The van der Waals surface area contributed by atoms with Crippen LogP contribution >= 0.6 is 7.37 Å². The molecule has 0 bridgehead atoms. The average molecular weight is 420 g/mol. The molecule has 0 aromatic heterocycles. The molecule has 3 aromatic rings. The summed E-state index contributed by atoms with van der Waals surface area (Å²) in [5.74, 6) is -0.442. The van der Waals surface area contributed by atoms with Gasteiger partial charge in [-0.15, -0.1) is 0 Å². The Morgan fingerprint density at radius 2 is 1.27 bits per heavy atom. The predicted octanol–water partition coefficient (Wildman–Crippen LogP) is 5.09. The minimum absolute atomic E-state index is 0.0200. The van der Waals surface area contributed by atoms with E-state index in [-0.39, 0.29) is 16.7 Å². The second-order valence-electron chi connectivity index (χ2n) is 7.25. The maximum absolute atomic E-state index is 13.1. The second kappa shape index (κ2) is 8.31. The number of hydrogen-bond donors (Lipinski definition) is 1. The zero-order valence-corrected chi connectivity index (χ0v) is 17.8. The van der Waals surface area contributed by atoms with Crippen LogP contribution < -0.4 is 0 Å². The van der Waals surface area contributed by atoms with Crippen molar-refractivity contribution in [3.8, 4) is 0 Å². The van der Waals surface area contributed by atoms with Crippen LogP contribution in [-0.2, 0) is 4.57 Å². The summed E-state index contributed by atoms with van der Waals surface area (Å²) in [6.07, 6.45) is 0. The van der Waals surface area contributed by atoms with Crippen LogP contribution in [0.1, 0.15) is 53.3 Å². The Morgan fingerprint density at radius 3 is 1.87 bits per heavy atom. The third-order valence-corrected chi connectivity index (χ3v) is 6.43. The van der Waals surface area contributed by atoms with E-state index in [1.807, 2.05) is 13.0 Å². The van der Waals surface area contributed by atoms with Crippen molar-refractivity contribution in [2.45, 2.75) is 20.8 Å². The molecule has 0 saturated carbocycles. The number of rotatable bonds is 6. The zero-order chi connectivity index (χ0) is 22.1. The highest BCUT2D eigenvalue weighted by Gasteiger charge is 2.41. The molecule has 5 nitrogen and oxygen atoms in total. The molecule has 30 heavy (non-hydrogen) atoms. The van der Waals surface area contributed by atoms with E-state index in [2.05, 4.69) is 0 Å². The van der Waals surface area contributed by atoms with Gasteiger partial charge in [0.2, 0.25) is 0 Å². The largest absolute Gasteiger partial charge is 0.337 e. The van der Waals surface area contributed by atoms with E-state index in [9.17, 15) is 23.8 Å². The second-order valence-corrected chi connectivity index (χ2v) is 9.22. The first-order valence-electron chi connectivity index (χ1n) is 9.33. The van der Waals surface area contributed by atoms with E-state index < -0.39 is 24.2 Å². The van der Waals surface area contributed by atoms with Gasteiger partial charge in [-0.25, -0.2) is 0 Å². The van der Waals surface area contributed by atoms with E-state index in [0.29, 0.717) is 11.1 Å². The van der Waals surface area contributed by atoms with Gasteiger partial charge < -0.3 is 4.89 Å². The number of benzene rings is 3. The van der Waals surface area contributed by atoms with Crippen LogP contribution in [0.4, 0.5) is 0 Å². The molecule has 152 valence electrons. The summed E-state index contributed by atoms with van der Waals surface area (Å²) in [5, 5.41) is 0. The van der Waals surface area contributed by atoms with Crippen LogP contribution in [0.3, 0.4) is 0 Å². The molecule has 0 fully saturated rings. The van der Waals surface area contributed by atoms with E-state index in [4.69, 9.17) is 0 Å². The molecular formula is C24H21O5P. The summed E-state index contributed by atoms with van der Waals surface area (Å²) in [6, 6.07) is 17.5. The van der Waals surface area contributed by atoms with Crippen LogP contribution in [0.5, 0.6) is 0 Å². The number of ketones is 1. The number of carbonyl (C=O) groups excluding carboxylic acids is 3. The van der Waals surface area contributed by atoms with Crippen molar-refractivity contribution in [3.05, 3.63) is 106 Å². The topological polar surface area (TPSA) is 88.5 Å². The zero-order valence-electron chi connectivity index (χ0n) is 16.9. The average Bonchev–Trinajstić information content (AvgIpc) is 2.72. The molecule has 3 rings (SSSR count). The van der Waals surface area contributed by atoms with Crippen LogP contribution in [-0.4, -0.2) is 21.7 Å². The lowest BCUT2D eigenvalue weighted by Gasteiger charge is -2.14. The quantitative estimate of drug-likeness (QED) is 0.443. The molecular weight excluding hydrogens is 399 g/mol. The van der Waals surface area contributed by atoms with Crippen LogP contribution in [0.2, 0.25) is 0 Å². The molecule has 0 spiro atoms. The third-order valence-electron chi connectivity index (χ3n) is 4.83. The van der Waals surface area contributed by atoms with Gasteiger partial charge in [0.05, 0.1) is 0 Å². The Morgan fingerprint density at radius 1 is 0.733 bits per heavy atom. The molecule has 0 heterocycles. The van der Waals surface area contributed by atoms with E-state index in [1.165, 1.54) is 24.3 Å². The molecule has 3 aromatic carbocycles. The van der Waals surface area contributed by atoms with Gasteiger partial charge in [-0.3, -0.25) is 18.9 Å². The summed E-state index contributed by atoms with van der Waals surface area (Å²) in [7, 11) is -4.96. The van der Waals surface area contributed by atoms with Gasteiger partial charge in [-0.2, -0.15) is 0 Å². The predicted molar refractivity (Wildman–Crippen MR) is 115 cm³/mol. The molecule has 1 N–H and O–H groups in total. The van der Waals surface area contributed by atoms with Gasteiger partial charge in [0.1, 0.15) is 0 Å². The fourth-order valence-electron chi connectivity index (χ4n) is 3.29. The fourth-order valence-corrected chi connectivity index (χ4v) is 4.47. The van der Waals surface area contributed by atoms with Gasteiger partial charge in [0.15, 0.2) is 5.78 Å². The maximum Gasteiger partial charge on any atom is 0.337 e. The molecule has 6 heteroatoms. The summed E-state index contributed by atoms with van der Waals surface area (Å²) in [4.78, 5) is 49.4. The number of aryl methyl sites for hydroxylation is 3. The molecule has 0 saturated heterocycles. The Kier molecular flexibility index (Phi) is 5.97. The molecule has 0 aliphatic carbocycles. The molecule has 0 aliphatic rings. The van der Waals surface area contributed by atoms with Crippen molar-refractivity contribution in [1.82, 2.24) is 0 Å². The number of carbonyl (C=O) groups is 3. The molecule has 0 amide bonds. The first kappa shape index (κ1) is 21.6. The van der Waals surface area contributed by atoms with E-state index in [1.54, 1.807) is 50.2 Å². The standard InChI is InChI=1S/C24H21O5P/c1-15-7-4-10-18(13-15)22(25)21-17(3)9-6-12-20(21)24(27)30(28,29)23(26)19-11-5-8-16(2)14-19/h4-14H,1-3H3,(H,28,29). The minimum Gasteiger partial charge on any atom is -0.333 e. The molecule has 0 aliphatic heterocycles. The summed E-state index contributed by atoms with van der Waals surface area (Å²) in [5.41, 5.74) is -0.183. The van der Waals surface area contributed by atoms with Gasteiger partial charge >= 0.3 is 7.37 Å². The van der Waals surface area contributed by atoms with Crippen LogP contribution in [0, 0.1) is 20.8 Å². The summed E-state index contributed by atoms with van der Waals surface area (Å²) < 4.78 is 12.9. The summed E-state index contributed by atoms with van der Waals surface area (Å²) in [6.45, 7) is 5.22. The smallest absolute Gasteiger partial charge is 0.333 e. The Bertz CT molecular complexity index is 1230. The maximum atomic E-state index is 13.1. The lowest BCUT2D eigenvalue weighted by Crippen LogP contribution is -2.16. The third kappa shape index (κ3) is 4.09. The van der Waals surface area contributed by atoms with Crippen LogP contribution in [0.15, 0.2) is 66.7 Å². The van der Waals surface area contributed by atoms with Gasteiger partial charge in [-0.05, 0) is 38.5 Å². The van der Waals surface area contributed by atoms with Crippen molar-refractivity contribution in [1.29, 1.82) is 0 Å². The minimum atomic E-state index is -4.96. The Hall–Kier alpha value is -3.14. The van der Waals surface area contributed by atoms with Crippen molar-refractivity contribution in [2.24, 2.45) is 0 Å². The highest BCUT2D eigenvalue weighted by Crippen LogP contribution is 2.48. The van der Waals surface area contributed by atoms with Crippen molar-refractivity contribution < 1.29 is 23.8 Å². The fraction of sp³-hybridized carbons (Fsp3) is 0.125. The Balaban J connectivity index is 2.09. The summed E-state index contributed by atoms with van der Waals surface area (Å²) >= 11 is 0. The molecule has 0 radical (unpaired) electrons. The van der Waals surface area contributed by atoms with E-state index in [0.717, 1.165) is 11.1 Å². The lowest BCUT2D eigenvalue weighted by atomic mass is 9.94. The van der Waals surface area contributed by atoms with Crippen molar-refractivity contribution in [3.63, 3.8) is 0 Å². The lowest BCUT2D eigenvalue weighted by molar-refractivity contribution is 0.0993. The van der Waals surface area contributed by atoms with Gasteiger partial charge in [0.25, 0.3) is 11.0 Å². The van der Waals surface area contributed by atoms with Crippen molar-refractivity contribution >= 4 is 24.2 Å². The first-order valence-corrected chi connectivity index (χ1v) is 11.0.